The Hall–Kier alpha value is -2.82. The topological polar surface area (TPSA) is 67.4 Å². The number of ether oxygens (including phenoxy) is 1. The number of rotatable bonds is 6. The molecule has 4 aliphatic rings. The van der Waals surface area contributed by atoms with Crippen molar-refractivity contribution in [3.05, 3.63) is 60.2 Å². The van der Waals surface area contributed by atoms with Crippen molar-refractivity contribution < 1.29 is 14.3 Å². The highest BCUT2D eigenvalue weighted by Crippen LogP contribution is 2.55. The lowest BCUT2D eigenvalue weighted by Gasteiger charge is -2.56. The predicted octanol–water partition coefficient (Wildman–Crippen LogP) is 4.40. The quantitative estimate of drug-likeness (QED) is 0.750. The number of benzene rings is 2. The Kier molecular flexibility index (Phi) is 4.97. The van der Waals surface area contributed by atoms with E-state index in [0.29, 0.717) is 11.3 Å². The van der Waals surface area contributed by atoms with Crippen molar-refractivity contribution in [2.45, 2.75) is 44.1 Å². The largest absolute Gasteiger partial charge is 0.483 e. The van der Waals surface area contributed by atoms with Crippen LogP contribution in [0.4, 0.5) is 5.69 Å². The van der Waals surface area contributed by atoms with E-state index in [-0.39, 0.29) is 24.0 Å². The van der Waals surface area contributed by atoms with Gasteiger partial charge in [-0.1, -0.05) is 30.3 Å². The SMILES string of the molecule is O=C(COc1ccccc1C(=O)Nc1ccccc1)NC12CC3CC(CC(C3)C1)C2. The molecule has 0 radical (unpaired) electrons. The summed E-state index contributed by atoms with van der Waals surface area (Å²) in [5, 5.41) is 6.19. The highest BCUT2D eigenvalue weighted by atomic mass is 16.5. The van der Waals surface area contributed by atoms with Gasteiger partial charge in [-0.05, 0) is 80.5 Å². The van der Waals surface area contributed by atoms with Crippen LogP contribution in [0, 0.1) is 17.8 Å². The Morgan fingerprint density at radius 1 is 0.867 bits per heavy atom. The van der Waals surface area contributed by atoms with Gasteiger partial charge in [0.1, 0.15) is 5.75 Å². The van der Waals surface area contributed by atoms with E-state index in [1.165, 1.54) is 19.3 Å². The van der Waals surface area contributed by atoms with E-state index in [9.17, 15) is 9.59 Å². The summed E-state index contributed by atoms with van der Waals surface area (Å²) in [6, 6.07) is 16.4. The molecular formula is C25H28N2O3. The van der Waals surface area contributed by atoms with E-state index in [1.807, 2.05) is 36.4 Å². The van der Waals surface area contributed by atoms with Gasteiger partial charge in [0.05, 0.1) is 5.56 Å². The molecule has 4 aliphatic carbocycles. The van der Waals surface area contributed by atoms with E-state index < -0.39 is 0 Å². The summed E-state index contributed by atoms with van der Waals surface area (Å²) in [6.07, 6.45) is 7.36. The standard InChI is InChI=1S/C25H28N2O3/c28-23(27-25-13-17-10-18(14-25)12-19(11-17)15-25)16-30-22-9-5-4-8-21(22)24(29)26-20-6-2-1-3-7-20/h1-9,17-19H,10-16H2,(H,26,29)(H,27,28). The maximum absolute atomic E-state index is 12.7. The van der Waals surface area contributed by atoms with Crippen LogP contribution in [0.5, 0.6) is 5.75 Å². The zero-order valence-electron chi connectivity index (χ0n) is 17.1. The Bertz CT molecular complexity index is 905. The number of hydrogen-bond donors (Lipinski definition) is 2. The molecule has 4 fully saturated rings. The first-order valence-corrected chi connectivity index (χ1v) is 11.0. The first kappa shape index (κ1) is 19.2. The van der Waals surface area contributed by atoms with Crippen molar-refractivity contribution in [1.29, 1.82) is 0 Å². The van der Waals surface area contributed by atoms with Crippen molar-refractivity contribution in [1.82, 2.24) is 5.32 Å². The third-order valence-electron chi connectivity index (χ3n) is 6.96. The molecule has 4 bridgehead atoms. The molecule has 2 N–H and O–H groups in total. The number of carbonyl (C=O) groups is 2. The Morgan fingerprint density at radius 2 is 1.47 bits per heavy atom. The molecule has 2 aromatic carbocycles. The first-order valence-electron chi connectivity index (χ1n) is 11.0. The molecule has 156 valence electrons. The predicted molar refractivity (Wildman–Crippen MR) is 115 cm³/mol. The smallest absolute Gasteiger partial charge is 0.259 e. The molecule has 4 saturated carbocycles. The van der Waals surface area contributed by atoms with Crippen LogP contribution in [0.25, 0.3) is 0 Å². The van der Waals surface area contributed by atoms with E-state index in [1.54, 1.807) is 18.2 Å². The lowest BCUT2D eigenvalue weighted by molar-refractivity contribution is -0.128. The van der Waals surface area contributed by atoms with Crippen molar-refractivity contribution in [2.75, 3.05) is 11.9 Å². The molecule has 0 unspecified atom stereocenters. The van der Waals surface area contributed by atoms with Crippen molar-refractivity contribution in [3.63, 3.8) is 0 Å². The van der Waals surface area contributed by atoms with Gasteiger partial charge in [0.25, 0.3) is 11.8 Å². The normalized spacial score (nSPS) is 28.7. The van der Waals surface area contributed by atoms with Gasteiger partial charge >= 0.3 is 0 Å². The van der Waals surface area contributed by atoms with Gasteiger partial charge in [-0.3, -0.25) is 9.59 Å². The minimum absolute atomic E-state index is 0.0284. The molecule has 0 heterocycles. The summed E-state index contributed by atoms with van der Waals surface area (Å²) in [5.41, 5.74) is 1.11. The molecule has 5 heteroatoms. The highest BCUT2D eigenvalue weighted by molar-refractivity contribution is 6.06. The summed E-state index contributed by atoms with van der Waals surface area (Å²) in [6.45, 7) is -0.0720. The van der Waals surface area contributed by atoms with E-state index >= 15 is 0 Å². The number of amides is 2. The van der Waals surface area contributed by atoms with Crippen molar-refractivity contribution in [3.8, 4) is 5.75 Å². The fraction of sp³-hybridized carbons (Fsp3) is 0.440. The maximum atomic E-state index is 12.7. The van der Waals surface area contributed by atoms with Crippen LogP contribution in [0.1, 0.15) is 48.9 Å². The zero-order chi connectivity index (χ0) is 20.6. The fourth-order valence-electron chi connectivity index (χ4n) is 6.24. The summed E-state index contributed by atoms with van der Waals surface area (Å²) in [4.78, 5) is 25.4. The van der Waals surface area contributed by atoms with Crippen molar-refractivity contribution in [2.24, 2.45) is 17.8 Å². The van der Waals surface area contributed by atoms with Gasteiger partial charge in [0.15, 0.2) is 6.61 Å². The molecule has 2 amide bonds. The van der Waals surface area contributed by atoms with Gasteiger partial charge in [0.2, 0.25) is 0 Å². The molecule has 0 atom stereocenters. The molecule has 0 spiro atoms. The number of carbonyl (C=O) groups excluding carboxylic acids is 2. The average molecular weight is 405 g/mol. The van der Waals surface area contributed by atoms with Crippen LogP contribution in [0.2, 0.25) is 0 Å². The molecular weight excluding hydrogens is 376 g/mol. The molecule has 5 nitrogen and oxygen atoms in total. The second kappa shape index (κ2) is 7.78. The average Bonchev–Trinajstić information content (AvgIpc) is 2.72. The lowest BCUT2D eigenvalue weighted by Crippen LogP contribution is -2.60. The number of hydrogen-bond acceptors (Lipinski definition) is 3. The monoisotopic (exact) mass is 404 g/mol. The van der Waals surface area contributed by atoms with Crippen LogP contribution >= 0.6 is 0 Å². The van der Waals surface area contributed by atoms with Gasteiger partial charge in [0, 0.05) is 11.2 Å². The highest BCUT2D eigenvalue weighted by Gasteiger charge is 2.51. The van der Waals surface area contributed by atoms with Crippen LogP contribution in [-0.4, -0.2) is 24.0 Å². The fourth-order valence-corrected chi connectivity index (χ4v) is 6.24. The summed E-state index contributed by atoms with van der Waals surface area (Å²) in [5.74, 6) is 2.42. The maximum Gasteiger partial charge on any atom is 0.259 e. The lowest BCUT2D eigenvalue weighted by atomic mass is 9.53. The van der Waals surface area contributed by atoms with E-state index in [4.69, 9.17) is 4.74 Å². The van der Waals surface area contributed by atoms with Crippen LogP contribution in [0.15, 0.2) is 54.6 Å². The molecule has 0 aliphatic heterocycles. The second-order valence-electron chi connectivity index (χ2n) is 9.35. The van der Waals surface area contributed by atoms with Gasteiger partial charge in [-0.2, -0.15) is 0 Å². The second-order valence-corrected chi connectivity index (χ2v) is 9.35. The molecule has 30 heavy (non-hydrogen) atoms. The third kappa shape index (κ3) is 3.93. The minimum Gasteiger partial charge on any atom is -0.483 e. The first-order chi connectivity index (χ1) is 14.6. The van der Waals surface area contributed by atoms with Crippen LogP contribution in [-0.2, 0) is 4.79 Å². The molecule has 6 rings (SSSR count). The summed E-state index contributed by atoms with van der Waals surface area (Å²) in [7, 11) is 0. The number of nitrogens with one attached hydrogen (secondary N) is 2. The Labute approximate surface area is 177 Å². The van der Waals surface area contributed by atoms with Crippen molar-refractivity contribution >= 4 is 17.5 Å². The van der Waals surface area contributed by atoms with Crippen LogP contribution in [0.3, 0.4) is 0 Å². The Balaban J connectivity index is 1.22. The van der Waals surface area contributed by atoms with E-state index in [0.717, 1.165) is 42.7 Å². The van der Waals surface area contributed by atoms with E-state index in [2.05, 4.69) is 10.6 Å². The van der Waals surface area contributed by atoms with Gasteiger partial charge in [-0.15, -0.1) is 0 Å². The number of anilines is 1. The van der Waals surface area contributed by atoms with Crippen LogP contribution < -0.4 is 15.4 Å². The number of para-hydroxylation sites is 2. The third-order valence-corrected chi connectivity index (χ3v) is 6.96. The Morgan fingerprint density at radius 3 is 2.13 bits per heavy atom. The summed E-state index contributed by atoms with van der Waals surface area (Å²) >= 11 is 0. The molecule has 2 aromatic rings. The van der Waals surface area contributed by atoms with Gasteiger partial charge in [-0.25, -0.2) is 0 Å². The molecule has 0 aromatic heterocycles. The summed E-state index contributed by atoms with van der Waals surface area (Å²) < 4.78 is 5.80. The molecule has 0 saturated heterocycles. The van der Waals surface area contributed by atoms with Gasteiger partial charge < -0.3 is 15.4 Å². The minimum atomic E-state index is -0.252. The zero-order valence-corrected chi connectivity index (χ0v) is 17.1.